The molecule has 0 fully saturated rings. The zero-order valence-electron chi connectivity index (χ0n) is 13.3. The van der Waals surface area contributed by atoms with Crippen LogP contribution >= 0.6 is 0 Å². The summed E-state index contributed by atoms with van der Waals surface area (Å²) in [4.78, 5) is 17.7. The summed E-state index contributed by atoms with van der Waals surface area (Å²) in [6, 6.07) is 10.4. The van der Waals surface area contributed by atoms with Crippen molar-refractivity contribution in [2.75, 3.05) is 20.7 Å². The summed E-state index contributed by atoms with van der Waals surface area (Å²) in [5.41, 5.74) is 7.13. The van der Waals surface area contributed by atoms with Crippen molar-refractivity contribution in [3.8, 4) is 11.6 Å². The van der Waals surface area contributed by atoms with Gasteiger partial charge in [0.2, 0.25) is 5.88 Å². The maximum Gasteiger partial charge on any atom is 0.258 e. The van der Waals surface area contributed by atoms with Crippen LogP contribution in [-0.2, 0) is 6.42 Å². The first kappa shape index (κ1) is 16.9. The van der Waals surface area contributed by atoms with E-state index in [1.807, 2.05) is 12.1 Å². The van der Waals surface area contributed by atoms with Crippen molar-refractivity contribution in [2.45, 2.75) is 12.5 Å². The zero-order valence-corrected chi connectivity index (χ0v) is 13.3. The second-order valence-corrected chi connectivity index (χ2v) is 5.45. The lowest BCUT2D eigenvalue weighted by Gasteiger charge is -2.14. The van der Waals surface area contributed by atoms with Gasteiger partial charge in [-0.15, -0.1) is 0 Å². The second kappa shape index (κ2) is 7.71. The molecule has 1 aromatic carbocycles. The molecule has 0 bridgehead atoms. The number of carbonyl (C=O) groups excluding carboxylic acids is 1. The number of amides is 1. The first-order valence-corrected chi connectivity index (χ1v) is 7.31. The number of ether oxygens (including phenoxy) is 1. The molecule has 1 aromatic heterocycles. The van der Waals surface area contributed by atoms with E-state index in [9.17, 15) is 4.79 Å². The smallest absolute Gasteiger partial charge is 0.258 e. The number of hydrogen-bond donors (Lipinski definition) is 2. The SMILES string of the molecule is CN(C)C(=O)c1cccnc1Oc1ccc(C[C@H](N)CO)cc1. The topological polar surface area (TPSA) is 88.7 Å². The lowest BCUT2D eigenvalue weighted by atomic mass is 10.1. The molecule has 23 heavy (non-hydrogen) atoms. The van der Waals surface area contributed by atoms with Crippen molar-refractivity contribution < 1.29 is 14.6 Å². The van der Waals surface area contributed by atoms with Crippen molar-refractivity contribution >= 4 is 5.91 Å². The number of carbonyl (C=O) groups is 1. The van der Waals surface area contributed by atoms with Crippen LogP contribution in [0.25, 0.3) is 0 Å². The van der Waals surface area contributed by atoms with Gasteiger partial charge in [-0.3, -0.25) is 4.79 Å². The van der Waals surface area contributed by atoms with Crippen molar-refractivity contribution in [1.29, 1.82) is 0 Å². The molecule has 6 heteroatoms. The minimum atomic E-state index is -0.276. The lowest BCUT2D eigenvalue weighted by Crippen LogP contribution is -2.26. The molecule has 0 saturated carbocycles. The average molecular weight is 315 g/mol. The van der Waals surface area contributed by atoms with E-state index >= 15 is 0 Å². The molecule has 0 radical (unpaired) electrons. The Labute approximate surface area is 135 Å². The van der Waals surface area contributed by atoms with Gasteiger partial charge in [-0.2, -0.15) is 0 Å². The van der Waals surface area contributed by atoms with Gasteiger partial charge in [-0.1, -0.05) is 12.1 Å². The molecular formula is C17H21N3O3. The summed E-state index contributed by atoms with van der Waals surface area (Å²) >= 11 is 0. The fourth-order valence-electron chi connectivity index (χ4n) is 2.05. The maximum absolute atomic E-state index is 12.1. The quantitative estimate of drug-likeness (QED) is 0.842. The van der Waals surface area contributed by atoms with Gasteiger partial charge in [0.15, 0.2) is 0 Å². The van der Waals surface area contributed by atoms with Crippen LogP contribution in [0.1, 0.15) is 15.9 Å². The third-order valence-corrected chi connectivity index (χ3v) is 3.28. The molecule has 2 rings (SSSR count). The van der Waals surface area contributed by atoms with Gasteiger partial charge >= 0.3 is 0 Å². The highest BCUT2D eigenvalue weighted by molar-refractivity contribution is 5.96. The van der Waals surface area contributed by atoms with Crippen LogP contribution in [0.3, 0.4) is 0 Å². The highest BCUT2D eigenvalue weighted by atomic mass is 16.5. The fraction of sp³-hybridized carbons (Fsp3) is 0.294. The predicted octanol–water partition coefficient (Wildman–Crippen LogP) is 1.44. The van der Waals surface area contributed by atoms with E-state index in [2.05, 4.69) is 4.98 Å². The molecule has 0 aliphatic heterocycles. The highest BCUT2D eigenvalue weighted by Crippen LogP contribution is 2.24. The molecule has 0 aliphatic carbocycles. The molecular weight excluding hydrogens is 294 g/mol. The van der Waals surface area contributed by atoms with E-state index in [1.165, 1.54) is 4.90 Å². The van der Waals surface area contributed by atoms with Crippen molar-refractivity contribution in [3.05, 3.63) is 53.7 Å². The monoisotopic (exact) mass is 315 g/mol. The van der Waals surface area contributed by atoms with Gasteiger partial charge in [0, 0.05) is 26.3 Å². The van der Waals surface area contributed by atoms with Gasteiger partial charge in [0.25, 0.3) is 5.91 Å². The maximum atomic E-state index is 12.1. The number of benzene rings is 1. The van der Waals surface area contributed by atoms with E-state index in [4.69, 9.17) is 15.6 Å². The molecule has 0 saturated heterocycles. The highest BCUT2D eigenvalue weighted by Gasteiger charge is 2.15. The van der Waals surface area contributed by atoms with Crippen LogP contribution in [0.5, 0.6) is 11.6 Å². The Hall–Kier alpha value is -2.44. The van der Waals surface area contributed by atoms with Gasteiger partial charge < -0.3 is 20.5 Å². The van der Waals surface area contributed by atoms with Crippen LogP contribution in [0, 0.1) is 0 Å². The first-order chi connectivity index (χ1) is 11.0. The van der Waals surface area contributed by atoms with Crippen LogP contribution in [0.15, 0.2) is 42.6 Å². The summed E-state index contributed by atoms with van der Waals surface area (Å²) in [7, 11) is 3.36. The van der Waals surface area contributed by atoms with Crippen LogP contribution in [0.2, 0.25) is 0 Å². The summed E-state index contributed by atoms with van der Waals surface area (Å²) in [5.74, 6) is 0.683. The van der Waals surface area contributed by atoms with E-state index in [0.29, 0.717) is 17.7 Å². The number of aromatic nitrogens is 1. The summed E-state index contributed by atoms with van der Waals surface area (Å²) in [5, 5.41) is 8.98. The Bertz CT molecular complexity index is 656. The van der Waals surface area contributed by atoms with Crippen LogP contribution in [-0.4, -0.2) is 47.6 Å². The summed E-state index contributed by atoms with van der Waals surface area (Å²) in [6.07, 6.45) is 2.17. The Morgan fingerprint density at radius 3 is 2.61 bits per heavy atom. The first-order valence-electron chi connectivity index (χ1n) is 7.31. The number of rotatable bonds is 6. The number of aliphatic hydroxyl groups is 1. The third-order valence-electron chi connectivity index (χ3n) is 3.28. The molecule has 0 aliphatic rings. The minimum absolute atomic E-state index is 0.0534. The minimum Gasteiger partial charge on any atom is -0.438 e. The van der Waals surface area contributed by atoms with Gasteiger partial charge in [0.1, 0.15) is 11.3 Å². The van der Waals surface area contributed by atoms with Gasteiger partial charge in [0.05, 0.1) is 6.61 Å². The number of aliphatic hydroxyl groups excluding tert-OH is 1. The lowest BCUT2D eigenvalue weighted by molar-refractivity contribution is 0.0824. The molecule has 1 atom stereocenters. The Balaban J connectivity index is 2.15. The molecule has 3 N–H and O–H groups in total. The third kappa shape index (κ3) is 4.51. The zero-order chi connectivity index (χ0) is 16.8. The molecule has 0 spiro atoms. The van der Waals surface area contributed by atoms with Crippen molar-refractivity contribution in [1.82, 2.24) is 9.88 Å². The Morgan fingerprint density at radius 1 is 1.30 bits per heavy atom. The average Bonchev–Trinajstić information content (AvgIpc) is 2.56. The Morgan fingerprint density at radius 2 is 2.00 bits per heavy atom. The normalized spacial score (nSPS) is 11.8. The van der Waals surface area contributed by atoms with E-state index < -0.39 is 0 Å². The van der Waals surface area contributed by atoms with Gasteiger partial charge in [-0.25, -0.2) is 4.98 Å². The number of pyridine rings is 1. The molecule has 1 amide bonds. The largest absolute Gasteiger partial charge is 0.438 e. The fourth-order valence-corrected chi connectivity index (χ4v) is 2.05. The Kier molecular flexibility index (Phi) is 5.67. The number of nitrogens with zero attached hydrogens (tertiary/aromatic N) is 2. The molecule has 0 unspecified atom stereocenters. The van der Waals surface area contributed by atoms with Crippen LogP contribution in [0.4, 0.5) is 0 Å². The van der Waals surface area contributed by atoms with E-state index in [0.717, 1.165) is 5.56 Å². The summed E-state index contributed by atoms with van der Waals surface area (Å²) < 4.78 is 5.73. The number of hydrogen-bond acceptors (Lipinski definition) is 5. The van der Waals surface area contributed by atoms with Crippen LogP contribution < -0.4 is 10.5 Å². The summed E-state index contributed by atoms with van der Waals surface area (Å²) in [6.45, 7) is -0.0534. The van der Waals surface area contributed by atoms with E-state index in [-0.39, 0.29) is 24.4 Å². The van der Waals surface area contributed by atoms with E-state index in [1.54, 1.807) is 44.6 Å². The van der Waals surface area contributed by atoms with Crippen molar-refractivity contribution in [2.24, 2.45) is 5.73 Å². The molecule has 2 aromatic rings. The molecule has 6 nitrogen and oxygen atoms in total. The second-order valence-electron chi connectivity index (χ2n) is 5.45. The van der Waals surface area contributed by atoms with Crippen molar-refractivity contribution in [3.63, 3.8) is 0 Å². The van der Waals surface area contributed by atoms with Gasteiger partial charge in [-0.05, 0) is 36.2 Å². The molecule has 1 heterocycles. The predicted molar refractivity (Wildman–Crippen MR) is 87.5 cm³/mol. The number of nitrogens with two attached hydrogens (primary N) is 1. The molecule has 122 valence electrons. The standard InChI is InChI=1S/C17H21N3O3/c1-20(2)17(22)15-4-3-9-19-16(15)23-14-7-5-12(6-8-14)10-13(18)11-21/h3-9,13,21H,10-11,18H2,1-2H3/t13-/m0/s1.